The predicted octanol–water partition coefficient (Wildman–Crippen LogP) is 5.58. The predicted molar refractivity (Wildman–Crippen MR) is 132 cm³/mol. The van der Waals surface area contributed by atoms with Crippen molar-refractivity contribution in [1.82, 2.24) is 19.7 Å². The molecule has 1 amide bonds. The molecule has 32 heavy (non-hydrogen) atoms. The molecule has 0 radical (unpaired) electrons. The summed E-state index contributed by atoms with van der Waals surface area (Å²) in [4.78, 5) is 18.1. The van der Waals surface area contributed by atoms with E-state index in [0.29, 0.717) is 5.75 Å². The van der Waals surface area contributed by atoms with Crippen LogP contribution in [0.15, 0.2) is 52.3 Å². The van der Waals surface area contributed by atoms with Gasteiger partial charge in [0.05, 0.1) is 17.5 Å². The van der Waals surface area contributed by atoms with E-state index in [1.54, 1.807) is 22.7 Å². The Morgan fingerprint density at radius 1 is 1.12 bits per heavy atom. The molecule has 1 atom stereocenters. The van der Waals surface area contributed by atoms with E-state index in [-0.39, 0.29) is 11.9 Å². The van der Waals surface area contributed by atoms with Gasteiger partial charge in [-0.3, -0.25) is 9.36 Å². The smallest absolute Gasteiger partial charge is 0.233 e. The van der Waals surface area contributed by atoms with Gasteiger partial charge in [0, 0.05) is 16.3 Å². The van der Waals surface area contributed by atoms with Gasteiger partial charge in [0.25, 0.3) is 0 Å². The van der Waals surface area contributed by atoms with Crippen molar-refractivity contribution in [2.45, 2.75) is 38.4 Å². The molecule has 1 aromatic carbocycles. The van der Waals surface area contributed by atoms with E-state index in [0.717, 1.165) is 35.2 Å². The molecule has 0 saturated carbocycles. The van der Waals surface area contributed by atoms with Crippen LogP contribution in [0.3, 0.4) is 0 Å². The SMILES string of the molecule is Cc1ccc(C)c(-n2c(C)nnc2SCC(=O)N2CCc3sccc3[C@@H]2c2cccs2)c1. The van der Waals surface area contributed by atoms with Gasteiger partial charge in [-0.1, -0.05) is 30.0 Å². The summed E-state index contributed by atoms with van der Waals surface area (Å²) in [6.07, 6.45) is 0.920. The van der Waals surface area contributed by atoms with Gasteiger partial charge >= 0.3 is 0 Å². The standard InChI is InChI=1S/C24H24N4OS3/c1-15-6-7-16(2)19(13-15)28-17(3)25-26-24(28)32-14-22(29)27-10-8-20-18(9-12-31-20)23(27)21-5-4-11-30-21/h4-7,9,11-13,23H,8,10,14H2,1-3H3/t23-/m1/s1. The van der Waals surface area contributed by atoms with Gasteiger partial charge in [0.1, 0.15) is 5.82 Å². The number of carbonyl (C=O) groups excluding carboxylic acids is 1. The van der Waals surface area contributed by atoms with Gasteiger partial charge in [-0.05, 0) is 72.8 Å². The van der Waals surface area contributed by atoms with Gasteiger partial charge in [-0.25, -0.2) is 0 Å². The maximum Gasteiger partial charge on any atom is 0.233 e. The highest BCUT2D eigenvalue weighted by Gasteiger charge is 2.33. The topological polar surface area (TPSA) is 51.0 Å². The van der Waals surface area contributed by atoms with Crippen molar-refractivity contribution in [3.63, 3.8) is 0 Å². The van der Waals surface area contributed by atoms with Crippen molar-refractivity contribution in [2.75, 3.05) is 12.3 Å². The lowest BCUT2D eigenvalue weighted by Crippen LogP contribution is -2.40. The molecule has 0 spiro atoms. The molecule has 0 bridgehead atoms. The van der Waals surface area contributed by atoms with E-state index in [2.05, 4.69) is 75.8 Å². The molecule has 4 aromatic rings. The third-order valence-electron chi connectivity index (χ3n) is 5.82. The summed E-state index contributed by atoms with van der Waals surface area (Å²) in [6.45, 7) is 6.87. The van der Waals surface area contributed by atoms with Crippen molar-refractivity contribution in [1.29, 1.82) is 0 Å². The summed E-state index contributed by atoms with van der Waals surface area (Å²) in [7, 11) is 0. The highest BCUT2D eigenvalue weighted by molar-refractivity contribution is 7.99. The zero-order valence-corrected chi connectivity index (χ0v) is 20.7. The Kier molecular flexibility index (Phi) is 5.92. The monoisotopic (exact) mass is 480 g/mol. The molecule has 1 aliphatic rings. The third kappa shape index (κ3) is 3.91. The number of fused-ring (bicyclic) bond motifs is 1. The van der Waals surface area contributed by atoms with E-state index < -0.39 is 0 Å². The fourth-order valence-electron chi connectivity index (χ4n) is 4.22. The second kappa shape index (κ2) is 8.84. The lowest BCUT2D eigenvalue weighted by atomic mass is 9.98. The van der Waals surface area contributed by atoms with E-state index in [4.69, 9.17) is 0 Å². The largest absolute Gasteiger partial charge is 0.330 e. The number of aryl methyl sites for hydroxylation is 3. The minimum Gasteiger partial charge on any atom is -0.330 e. The van der Waals surface area contributed by atoms with Crippen molar-refractivity contribution in [2.24, 2.45) is 0 Å². The molecule has 164 valence electrons. The molecule has 5 rings (SSSR count). The highest BCUT2D eigenvalue weighted by atomic mass is 32.2. The molecular formula is C24H24N4OS3. The van der Waals surface area contributed by atoms with E-state index in [1.165, 1.54) is 32.6 Å². The van der Waals surface area contributed by atoms with Crippen LogP contribution in [0.1, 0.15) is 38.3 Å². The molecule has 0 unspecified atom stereocenters. The first-order valence-corrected chi connectivity index (χ1v) is 13.3. The van der Waals surface area contributed by atoms with Gasteiger partial charge < -0.3 is 4.90 Å². The number of thiophene rings is 2. The average Bonchev–Trinajstić information content (AvgIpc) is 3.54. The molecule has 3 aromatic heterocycles. The van der Waals surface area contributed by atoms with Gasteiger partial charge in [0.2, 0.25) is 5.91 Å². The molecule has 0 fully saturated rings. The fourth-order valence-corrected chi connectivity index (χ4v) is 6.86. The molecule has 0 aliphatic carbocycles. The number of aromatic nitrogens is 3. The number of hydrogen-bond acceptors (Lipinski definition) is 6. The summed E-state index contributed by atoms with van der Waals surface area (Å²) < 4.78 is 2.06. The zero-order valence-electron chi connectivity index (χ0n) is 18.2. The minimum atomic E-state index is 0.0109. The Morgan fingerprint density at radius 2 is 2.00 bits per heavy atom. The fraction of sp³-hybridized carbons (Fsp3) is 0.292. The summed E-state index contributed by atoms with van der Waals surface area (Å²) in [5.74, 6) is 1.30. The van der Waals surface area contributed by atoms with Crippen LogP contribution < -0.4 is 0 Å². The number of thioether (sulfide) groups is 1. The first-order valence-electron chi connectivity index (χ1n) is 10.5. The van der Waals surface area contributed by atoms with Crippen LogP contribution in [0.25, 0.3) is 5.69 Å². The first kappa shape index (κ1) is 21.4. The Morgan fingerprint density at radius 3 is 2.81 bits per heavy atom. The lowest BCUT2D eigenvalue weighted by Gasteiger charge is -2.35. The highest BCUT2D eigenvalue weighted by Crippen LogP contribution is 2.40. The van der Waals surface area contributed by atoms with Gasteiger partial charge in [-0.15, -0.1) is 32.9 Å². The van der Waals surface area contributed by atoms with Crippen LogP contribution >= 0.6 is 34.4 Å². The zero-order chi connectivity index (χ0) is 22.2. The van der Waals surface area contributed by atoms with Crippen molar-refractivity contribution >= 4 is 40.3 Å². The van der Waals surface area contributed by atoms with E-state index >= 15 is 0 Å². The summed E-state index contributed by atoms with van der Waals surface area (Å²) in [5.41, 5.74) is 4.69. The molecule has 5 nitrogen and oxygen atoms in total. The second-order valence-electron chi connectivity index (χ2n) is 8.00. The van der Waals surface area contributed by atoms with Crippen LogP contribution in [0.4, 0.5) is 0 Å². The van der Waals surface area contributed by atoms with Crippen LogP contribution in [0.2, 0.25) is 0 Å². The van der Waals surface area contributed by atoms with E-state index in [9.17, 15) is 4.79 Å². The number of benzene rings is 1. The quantitative estimate of drug-likeness (QED) is 0.350. The summed E-state index contributed by atoms with van der Waals surface area (Å²) >= 11 is 4.98. The molecule has 0 saturated heterocycles. The van der Waals surface area contributed by atoms with Crippen LogP contribution in [-0.4, -0.2) is 37.9 Å². The van der Waals surface area contributed by atoms with Crippen molar-refractivity contribution < 1.29 is 4.79 Å². The molecular weight excluding hydrogens is 456 g/mol. The Hall–Kier alpha value is -2.42. The average molecular weight is 481 g/mol. The maximum absolute atomic E-state index is 13.4. The van der Waals surface area contributed by atoms with Gasteiger partial charge in [0.15, 0.2) is 5.16 Å². The summed E-state index contributed by atoms with van der Waals surface area (Å²) in [5, 5.41) is 13.7. The number of hydrogen-bond donors (Lipinski definition) is 0. The van der Waals surface area contributed by atoms with Crippen molar-refractivity contribution in [3.8, 4) is 5.69 Å². The van der Waals surface area contributed by atoms with Crippen LogP contribution in [0.5, 0.6) is 0 Å². The molecule has 8 heteroatoms. The number of amides is 1. The summed E-state index contributed by atoms with van der Waals surface area (Å²) in [6, 6.07) is 12.8. The third-order valence-corrected chi connectivity index (χ3v) is 8.66. The van der Waals surface area contributed by atoms with Crippen LogP contribution in [0, 0.1) is 20.8 Å². The first-order chi connectivity index (χ1) is 15.5. The van der Waals surface area contributed by atoms with Gasteiger partial charge in [-0.2, -0.15) is 0 Å². The number of rotatable bonds is 5. The molecule has 0 N–H and O–H groups in total. The maximum atomic E-state index is 13.4. The Bertz CT molecular complexity index is 1260. The second-order valence-corrected chi connectivity index (χ2v) is 10.9. The molecule has 1 aliphatic heterocycles. The Labute approximate surface area is 200 Å². The van der Waals surface area contributed by atoms with Crippen LogP contribution in [-0.2, 0) is 11.2 Å². The van der Waals surface area contributed by atoms with Crippen molar-refractivity contribution in [3.05, 3.63) is 79.4 Å². The number of carbonyl (C=O) groups is 1. The normalized spacial score (nSPS) is 15.7. The van der Waals surface area contributed by atoms with E-state index in [1.807, 2.05) is 11.8 Å². The Balaban J connectivity index is 1.40. The number of nitrogens with zero attached hydrogens (tertiary/aromatic N) is 4. The lowest BCUT2D eigenvalue weighted by molar-refractivity contribution is -0.130. The molecule has 4 heterocycles. The minimum absolute atomic E-state index is 0.0109.